The second-order valence-corrected chi connectivity index (χ2v) is 7.13. The Morgan fingerprint density at radius 2 is 2.13 bits per heavy atom. The first-order valence-corrected chi connectivity index (χ1v) is 9.60. The predicted molar refractivity (Wildman–Crippen MR) is 108 cm³/mol. The summed E-state index contributed by atoms with van der Waals surface area (Å²) < 4.78 is 10.2. The third-order valence-electron chi connectivity index (χ3n) is 4.92. The number of anilines is 1. The number of hydrogen-bond acceptors (Lipinski definition) is 9. The number of amides is 1. The zero-order chi connectivity index (χ0) is 21.3. The van der Waals surface area contributed by atoms with Crippen LogP contribution in [-0.4, -0.2) is 69.4 Å². The number of aromatic amines is 1. The van der Waals surface area contributed by atoms with E-state index in [2.05, 4.69) is 30.5 Å². The van der Waals surface area contributed by atoms with Gasteiger partial charge in [-0.15, -0.1) is 0 Å². The number of pyridine rings is 1. The first-order valence-electron chi connectivity index (χ1n) is 9.22. The lowest BCUT2D eigenvalue weighted by Crippen LogP contribution is -2.48. The summed E-state index contributed by atoms with van der Waals surface area (Å²) in [6.45, 7) is 0.893. The number of methoxy groups -OCH3 is 1. The monoisotopic (exact) mass is 433 g/mol. The molecule has 1 aliphatic heterocycles. The molecule has 4 heterocycles. The highest BCUT2D eigenvalue weighted by atomic mass is 35.5. The van der Waals surface area contributed by atoms with Gasteiger partial charge in [0.1, 0.15) is 22.1 Å². The number of fused-ring (bicyclic) bond motifs is 1. The molecule has 0 bridgehead atoms. The maximum absolute atomic E-state index is 11.4. The first-order chi connectivity index (χ1) is 14.4. The van der Waals surface area contributed by atoms with Crippen LogP contribution in [0.5, 0.6) is 5.88 Å². The molecule has 3 N–H and O–H groups in total. The number of carbonyl (C=O) groups excluding carboxylic acids is 1. The molecule has 0 spiro atoms. The average molecular weight is 434 g/mol. The van der Waals surface area contributed by atoms with E-state index in [4.69, 9.17) is 21.1 Å². The van der Waals surface area contributed by atoms with Crippen molar-refractivity contribution in [3.8, 4) is 17.1 Å². The summed E-state index contributed by atoms with van der Waals surface area (Å²) in [4.78, 5) is 26.5. The molecular formula is C18H20ClN7O4. The molecule has 1 amide bonds. The van der Waals surface area contributed by atoms with E-state index in [-0.39, 0.29) is 12.8 Å². The SMILES string of the molecule is CNC(=O)OC1(O)CCN(c2cnc3c(-c4ccnc(OC)c4Cl)n[nH]c3n2)CC1. The fourth-order valence-electron chi connectivity index (χ4n) is 3.29. The summed E-state index contributed by atoms with van der Waals surface area (Å²) in [6, 6.07) is 1.73. The Morgan fingerprint density at radius 1 is 1.37 bits per heavy atom. The van der Waals surface area contributed by atoms with E-state index >= 15 is 0 Å². The van der Waals surface area contributed by atoms with Crippen molar-refractivity contribution >= 4 is 34.7 Å². The Kier molecular flexibility index (Phi) is 5.31. The van der Waals surface area contributed by atoms with Gasteiger partial charge in [0.05, 0.1) is 13.3 Å². The quantitative estimate of drug-likeness (QED) is 0.525. The summed E-state index contributed by atoms with van der Waals surface area (Å²) in [7, 11) is 2.94. The highest BCUT2D eigenvalue weighted by Crippen LogP contribution is 2.35. The minimum Gasteiger partial charge on any atom is -0.480 e. The van der Waals surface area contributed by atoms with Gasteiger partial charge >= 0.3 is 6.09 Å². The minimum atomic E-state index is -1.49. The number of aromatic nitrogens is 5. The third kappa shape index (κ3) is 3.68. The van der Waals surface area contributed by atoms with Crippen LogP contribution in [0.15, 0.2) is 18.5 Å². The average Bonchev–Trinajstić information content (AvgIpc) is 3.17. The predicted octanol–water partition coefficient (Wildman–Crippen LogP) is 1.72. The number of aliphatic hydroxyl groups is 1. The van der Waals surface area contributed by atoms with Crippen LogP contribution in [0.25, 0.3) is 22.4 Å². The Labute approximate surface area is 176 Å². The van der Waals surface area contributed by atoms with Gasteiger partial charge in [-0.2, -0.15) is 5.10 Å². The molecule has 12 heteroatoms. The summed E-state index contributed by atoms with van der Waals surface area (Å²) in [5, 5.41) is 20.3. The maximum Gasteiger partial charge on any atom is 0.409 e. The normalized spacial score (nSPS) is 15.8. The van der Waals surface area contributed by atoms with Crippen molar-refractivity contribution in [3.05, 3.63) is 23.5 Å². The highest BCUT2D eigenvalue weighted by molar-refractivity contribution is 6.34. The van der Waals surface area contributed by atoms with Gasteiger partial charge in [-0.3, -0.25) is 5.10 Å². The minimum absolute atomic E-state index is 0.251. The number of piperidine rings is 1. The molecule has 3 aromatic rings. The van der Waals surface area contributed by atoms with Gasteiger partial charge in [0.2, 0.25) is 11.7 Å². The van der Waals surface area contributed by atoms with Crippen molar-refractivity contribution < 1.29 is 19.4 Å². The summed E-state index contributed by atoms with van der Waals surface area (Å²) in [6.07, 6.45) is 3.06. The van der Waals surface area contributed by atoms with E-state index < -0.39 is 11.9 Å². The molecule has 30 heavy (non-hydrogen) atoms. The fraction of sp³-hybridized carbons (Fsp3) is 0.389. The second kappa shape index (κ2) is 7.92. The number of nitrogens with zero attached hydrogens (tertiary/aromatic N) is 5. The Bertz CT molecular complexity index is 1080. The molecule has 1 fully saturated rings. The molecular weight excluding hydrogens is 414 g/mol. The van der Waals surface area contributed by atoms with Crippen molar-refractivity contribution in [2.24, 2.45) is 0 Å². The number of halogens is 1. The number of alkyl carbamates (subject to hydrolysis) is 1. The van der Waals surface area contributed by atoms with Crippen molar-refractivity contribution in [1.29, 1.82) is 0 Å². The molecule has 0 saturated carbocycles. The molecule has 1 aliphatic rings. The van der Waals surface area contributed by atoms with Crippen LogP contribution in [-0.2, 0) is 4.74 Å². The molecule has 0 unspecified atom stereocenters. The Morgan fingerprint density at radius 3 is 2.83 bits per heavy atom. The lowest BCUT2D eigenvalue weighted by molar-refractivity contribution is -0.173. The van der Waals surface area contributed by atoms with E-state index in [9.17, 15) is 9.90 Å². The van der Waals surface area contributed by atoms with E-state index in [1.165, 1.54) is 14.2 Å². The highest BCUT2D eigenvalue weighted by Gasteiger charge is 2.36. The number of rotatable bonds is 4. The van der Waals surface area contributed by atoms with Crippen molar-refractivity contribution in [1.82, 2.24) is 30.5 Å². The van der Waals surface area contributed by atoms with Gasteiger partial charge in [-0.25, -0.2) is 19.7 Å². The molecule has 1 saturated heterocycles. The number of ether oxygens (including phenoxy) is 2. The number of hydrogen-bond donors (Lipinski definition) is 3. The van der Waals surface area contributed by atoms with Crippen LogP contribution in [0.2, 0.25) is 5.02 Å². The van der Waals surface area contributed by atoms with E-state index in [0.717, 1.165) is 0 Å². The number of H-pyrrole nitrogens is 1. The zero-order valence-electron chi connectivity index (χ0n) is 16.3. The standard InChI is InChI=1S/C18H20ClN7O4/c1-20-17(27)30-18(28)4-7-26(8-5-18)11-9-22-14-13(24-25-15(14)23-11)10-3-6-21-16(29-2)12(10)19/h3,6,9,28H,4-5,7-8H2,1-2H3,(H,20,27)(H,23,24,25). The Hall–Kier alpha value is -3.18. The van der Waals surface area contributed by atoms with Crippen LogP contribution < -0.4 is 15.0 Å². The van der Waals surface area contributed by atoms with Gasteiger partial charge in [0, 0.05) is 44.7 Å². The topological polar surface area (TPSA) is 138 Å². The van der Waals surface area contributed by atoms with Crippen molar-refractivity contribution in [3.63, 3.8) is 0 Å². The first kappa shape index (κ1) is 20.1. The fourth-order valence-corrected chi connectivity index (χ4v) is 3.57. The van der Waals surface area contributed by atoms with Crippen molar-refractivity contribution in [2.75, 3.05) is 32.1 Å². The van der Waals surface area contributed by atoms with E-state index in [1.54, 1.807) is 18.5 Å². The molecule has 0 aliphatic carbocycles. The molecule has 0 aromatic carbocycles. The summed E-state index contributed by atoms with van der Waals surface area (Å²) in [5.74, 6) is -0.570. The van der Waals surface area contributed by atoms with Crippen LogP contribution in [0.4, 0.5) is 10.6 Å². The second-order valence-electron chi connectivity index (χ2n) is 6.75. The van der Waals surface area contributed by atoms with Crippen molar-refractivity contribution in [2.45, 2.75) is 18.6 Å². The lowest BCUT2D eigenvalue weighted by atomic mass is 10.0. The molecule has 11 nitrogen and oxygen atoms in total. The molecule has 0 atom stereocenters. The Balaban J connectivity index is 1.56. The number of nitrogens with one attached hydrogen (secondary N) is 2. The van der Waals surface area contributed by atoms with Gasteiger partial charge < -0.3 is 24.8 Å². The summed E-state index contributed by atoms with van der Waals surface area (Å²) in [5.41, 5.74) is 2.23. The van der Waals surface area contributed by atoms with Gasteiger partial charge in [-0.1, -0.05) is 11.6 Å². The van der Waals surface area contributed by atoms with E-state index in [0.29, 0.717) is 52.2 Å². The smallest absolute Gasteiger partial charge is 0.409 e. The van der Waals surface area contributed by atoms with E-state index in [1.807, 2.05) is 4.90 Å². The summed E-state index contributed by atoms with van der Waals surface area (Å²) >= 11 is 6.37. The van der Waals surface area contributed by atoms with Crippen LogP contribution in [0.1, 0.15) is 12.8 Å². The molecule has 4 rings (SSSR count). The zero-order valence-corrected chi connectivity index (χ0v) is 17.1. The van der Waals surface area contributed by atoms with Gasteiger partial charge in [0.15, 0.2) is 5.65 Å². The maximum atomic E-state index is 11.4. The third-order valence-corrected chi connectivity index (χ3v) is 5.28. The molecule has 0 radical (unpaired) electrons. The van der Waals surface area contributed by atoms with Crippen LogP contribution >= 0.6 is 11.6 Å². The van der Waals surface area contributed by atoms with Gasteiger partial charge in [-0.05, 0) is 6.07 Å². The lowest BCUT2D eigenvalue weighted by Gasteiger charge is -2.37. The molecule has 3 aromatic heterocycles. The van der Waals surface area contributed by atoms with Gasteiger partial charge in [0.25, 0.3) is 0 Å². The molecule has 158 valence electrons. The van der Waals surface area contributed by atoms with Crippen LogP contribution in [0.3, 0.4) is 0 Å². The van der Waals surface area contributed by atoms with Crippen LogP contribution in [0, 0.1) is 0 Å². The largest absolute Gasteiger partial charge is 0.480 e. The number of carbonyl (C=O) groups is 1.